The predicted octanol–water partition coefficient (Wildman–Crippen LogP) is 3.59. The first-order chi connectivity index (χ1) is 11.6. The number of aryl methyl sites for hydroxylation is 1. The van der Waals surface area contributed by atoms with E-state index in [4.69, 9.17) is 11.6 Å². The van der Waals surface area contributed by atoms with Gasteiger partial charge in [0.05, 0.1) is 21.4 Å². The van der Waals surface area contributed by atoms with Gasteiger partial charge in [-0.25, -0.2) is 0 Å². The third-order valence-electron chi connectivity index (χ3n) is 3.56. The molecule has 2 aromatic heterocycles. The first-order valence-corrected chi connectivity index (χ1v) is 8.55. The van der Waals surface area contributed by atoms with Crippen LogP contribution in [0, 0.1) is 6.92 Å². The Balaban J connectivity index is 1.93. The van der Waals surface area contributed by atoms with Gasteiger partial charge in [0.1, 0.15) is 6.04 Å². The molecule has 1 N–H and O–H groups in total. The van der Waals surface area contributed by atoms with E-state index in [-0.39, 0.29) is 10.2 Å². The normalized spacial score (nSPS) is 13.1. The van der Waals surface area contributed by atoms with E-state index >= 15 is 0 Å². The SMILES string of the molecule is Cc1c(Br)c(C(F)(F)F)nn1C(C)C(=O)NCCCn1cc(Cl)cn1. The average molecular weight is 443 g/mol. The van der Waals surface area contributed by atoms with Crippen LogP contribution in [0.2, 0.25) is 5.02 Å². The van der Waals surface area contributed by atoms with Crippen LogP contribution in [0.1, 0.15) is 30.8 Å². The van der Waals surface area contributed by atoms with Crippen LogP contribution in [0.25, 0.3) is 0 Å². The van der Waals surface area contributed by atoms with Crippen molar-refractivity contribution < 1.29 is 18.0 Å². The summed E-state index contributed by atoms with van der Waals surface area (Å²) in [5.74, 6) is -0.412. The lowest BCUT2D eigenvalue weighted by Crippen LogP contribution is -2.33. The van der Waals surface area contributed by atoms with Gasteiger partial charge in [-0.2, -0.15) is 23.4 Å². The second kappa shape index (κ2) is 7.77. The van der Waals surface area contributed by atoms with Crippen LogP contribution < -0.4 is 5.32 Å². The lowest BCUT2D eigenvalue weighted by atomic mass is 10.3. The lowest BCUT2D eigenvalue weighted by Gasteiger charge is -2.14. The molecular weight excluding hydrogens is 427 g/mol. The van der Waals surface area contributed by atoms with Gasteiger partial charge in [0.15, 0.2) is 5.69 Å². The molecule has 0 bridgehead atoms. The van der Waals surface area contributed by atoms with E-state index in [1.807, 2.05) is 0 Å². The zero-order valence-corrected chi connectivity index (χ0v) is 15.8. The Bertz CT molecular complexity index is 758. The second-order valence-corrected chi connectivity index (χ2v) is 6.66. The molecule has 138 valence electrons. The predicted molar refractivity (Wildman–Crippen MR) is 89.2 cm³/mol. The molecular formula is C14H16BrClF3N5O. The topological polar surface area (TPSA) is 64.7 Å². The van der Waals surface area contributed by atoms with Crippen LogP contribution >= 0.6 is 27.5 Å². The second-order valence-electron chi connectivity index (χ2n) is 5.43. The smallest absolute Gasteiger partial charge is 0.354 e. The molecule has 2 rings (SSSR count). The molecule has 1 amide bonds. The Morgan fingerprint density at radius 1 is 1.48 bits per heavy atom. The van der Waals surface area contributed by atoms with Crippen molar-refractivity contribution in [2.75, 3.05) is 6.54 Å². The summed E-state index contributed by atoms with van der Waals surface area (Å²) in [6.07, 6.45) is -0.809. The zero-order chi connectivity index (χ0) is 18.8. The number of amides is 1. The number of nitrogens with one attached hydrogen (secondary N) is 1. The van der Waals surface area contributed by atoms with Crippen molar-refractivity contribution in [3.8, 4) is 0 Å². The molecule has 0 aliphatic heterocycles. The number of nitrogens with zero attached hydrogens (tertiary/aromatic N) is 4. The summed E-state index contributed by atoms with van der Waals surface area (Å²) >= 11 is 8.64. The summed E-state index contributed by atoms with van der Waals surface area (Å²) in [5, 5.41) is 10.8. The molecule has 0 radical (unpaired) electrons. The van der Waals surface area contributed by atoms with Gasteiger partial charge >= 0.3 is 6.18 Å². The number of carbonyl (C=O) groups excluding carboxylic acids is 1. The van der Waals surface area contributed by atoms with Crippen molar-refractivity contribution in [2.24, 2.45) is 0 Å². The van der Waals surface area contributed by atoms with Gasteiger partial charge in [-0.1, -0.05) is 11.6 Å². The van der Waals surface area contributed by atoms with E-state index in [2.05, 4.69) is 31.4 Å². The van der Waals surface area contributed by atoms with Gasteiger partial charge in [0.2, 0.25) is 5.91 Å². The molecule has 0 aliphatic rings. The van der Waals surface area contributed by atoms with Gasteiger partial charge in [0, 0.05) is 19.3 Å². The summed E-state index contributed by atoms with van der Waals surface area (Å²) in [5.41, 5.74) is -0.804. The van der Waals surface area contributed by atoms with Crippen molar-refractivity contribution in [3.63, 3.8) is 0 Å². The minimum atomic E-state index is -4.59. The highest BCUT2D eigenvalue weighted by Gasteiger charge is 2.38. The highest BCUT2D eigenvalue weighted by molar-refractivity contribution is 9.10. The summed E-state index contributed by atoms with van der Waals surface area (Å²) in [7, 11) is 0. The molecule has 6 nitrogen and oxygen atoms in total. The number of halogens is 5. The Labute approximate surface area is 155 Å². The number of rotatable bonds is 6. The van der Waals surface area contributed by atoms with Gasteiger partial charge in [-0.3, -0.25) is 14.2 Å². The van der Waals surface area contributed by atoms with E-state index in [1.165, 1.54) is 20.0 Å². The molecule has 0 saturated heterocycles. The molecule has 0 aliphatic carbocycles. The van der Waals surface area contributed by atoms with Crippen molar-refractivity contribution in [1.82, 2.24) is 24.9 Å². The van der Waals surface area contributed by atoms with Gasteiger partial charge < -0.3 is 5.32 Å². The molecule has 0 saturated carbocycles. The number of hydrogen-bond acceptors (Lipinski definition) is 3. The van der Waals surface area contributed by atoms with Crippen LogP contribution in [0.5, 0.6) is 0 Å². The van der Waals surface area contributed by atoms with E-state index in [9.17, 15) is 18.0 Å². The number of alkyl halides is 3. The fraction of sp³-hybridized carbons (Fsp3) is 0.500. The fourth-order valence-corrected chi connectivity index (χ4v) is 2.87. The van der Waals surface area contributed by atoms with E-state index in [0.29, 0.717) is 24.5 Å². The molecule has 1 unspecified atom stereocenters. The molecule has 0 fully saturated rings. The van der Waals surface area contributed by atoms with Crippen LogP contribution in [-0.4, -0.2) is 32.0 Å². The standard InChI is InChI=1S/C14H16BrClF3N5O/c1-8-11(15)12(14(17,18)19)22-24(8)9(2)13(25)20-4-3-5-23-7-10(16)6-21-23/h6-7,9H,3-5H2,1-2H3,(H,20,25). The van der Waals surface area contributed by atoms with Crippen LogP contribution in [0.3, 0.4) is 0 Å². The quantitative estimate of drug-likeness (QED) is 0.696. The highest BCUT2D eigenvalue weighted by atomic mass is 79.9. The largest absolute Gasteiger partial charge is 0.436 e. The Kier molecular flexibility index (Phi) is 6.15. The fourth-order valence-electron chi connectivity index (χ4n) is 2.23. The molecule has 0 spiro atoms. The number of aromatic nitrogens is 4. The maximum atomic E-state index is 12.9. The van der Waals surface area contributed by atoms with Crippen LogP contribution in [0.4, 0.5) is 13.2 Å². The monoisotopic (exact) mass is 441 g/mol. The summed E-state index contributed by atoms with van der Waals surface area (Å²) in [6.45, 7) is 3.88. The number of carbonyl (C=O) groups is 1. The first-order valence-electron chi connectivity index (χ1n) is 7.38. The Morgan fingerprint density at radius 2 is 2.16 bits per heavy atom. The van der Waals surface area contributed by atoms with Crippen molar-refractivity contribution in [2.45, 2.75) is 39.0 Å². The Morgan fingerprint density at radius 3 is 2.68 bits per heavy atom. The maximum Gasteiger partial charge on any atom is 0.436 e. The molecule has 11 heteroatoms. The minimum Gasteiger partial charge on any atom is -0.354 e. The van der Waals surface area contributed by atoms with Crippen LogP contribution in [0.15, 0.2) is 16.9 Å². The van der Waals surface area contributed by atoms with Gasteiger partial charge in [-0.05, 0) is 36.2 Å². The lowest BCUT2D eigenvalue weighted by molar-refractivity contribution is -0.142. The molecule has 1 atom stereocenters. The first kappa shape index (κ1) is 19.8. The van der Waals surface area contributed by atoms with Gasteiger partial charge in [-0.15, -0.1) is 0 Å². The Hall–Kier alpha value is -1.55. The van der Waals surface area contributed by atoms with Crippen LogP contribution in [-0.2, 0) is 17.5 Å². The third kappa shape index (κ3) is 4.75. The average Bonchev–Trinajstić information content (AvgIpc) is 3.07. The number of hydrogen-bond donors (Lipinski definition) is 1. The summed E-state index contributed by atoms with van der Waals surface area (Å²) in [6, 6.07) is -0.869. The molecule has 2 heterocycles. The highest BCUT2D eigenvalue weighted by Crippen LogP contribution is 2.36. The third-order valence-corrected chi connectivity index (χ3v) is 4.70. The summed E-state index contributed by atoms with van der Waals surface area (Å²) < 4.78 is 41.2. The molecule has 2 aromatic rings. The van der Waals surface area contributed by atoms with E-state index < -0.39 is 23.8 Å². The minimum absolute atomic E-state index is 0.157. The van der Waals surface area contributed by atoms with E-state index in [1.54, 1.807) is 10.9 Å². The summed E-state index contributed by atoms with van der Waals surface area (Å²) in [4.78, 5) is 12.2. The molecule has 25 heavy (non-hydrogen) atoms. The van der Waals surface area contributed by atoms with Crippen molar-refractivity contribution >= 4 is 33.4 Å². The van der Waals surface area contributed by atoms with Crippen molar-refractivity contribution in [3.05, 3.63) is 33.3 Å². The van der Waals surface area contributed by atoms with E-state index in [0.717, 1.165) is 4.68 Å². The van der Waals surface area contributed by atoms with Crippen molar-refractivity contribution in [1.29, 1.82) is 0 Å². The maximum absolute atomic E-state index is 12.9. The van der Waals surface area contributed by atoms with Gasteiger partial charge in [0.25, 0.3) is 0 Å². The zero-order valence-electron chi connectivity index (χ0n) is 13.4. The molecule has 0 aromatic carbocycles.